The van der Waals surface area contributed by atoms with E-state index < -0.39 is 0 Å². The second-order valence-corrected chi connectivity index (χ2v) is 6.36. The standard InChI is InChI=1S/C18H20N6O2/c25-17(13-24-18(26)23-10-2-1-5-15(23)21-24)20-12-14-6-7-19-16(11-14)22-8-3-4-9-22/h1-2,5-7,10-11H,3-4,8-9,12-13H2,(H,20,25). The van der Waals surface area contributed by atoms with Gasteiger partial charge >= 0.3 is 5.69 Å². The van der Waals surface area contributed by atoms with Crippen LogP contribution in [0.3, 0.4) is 0 Å². The fraction of sp³-hybridized carbons (Fsp3) is 0.333. The van der Waals surface area contributed by atoms with Gasteiger partial charge in [0.25, 0.3) is 0 Å². The number of anilines is 1. The third kappa shape index (κ3) is 3.30. The molecule has 3 aromatic rings. The summed E-state index contributed by atoms with van der Waals surface area (Å²) in [5, 5.41) is 7.01. The maximum atomic E-state index is 12.2. The van der Waals surface area contributed by atoms with Gasteiger partial charge in [0.05, 0.1) is 0 Å². The van der Waals surface area contributed by atoms with Gasteiger partial charge in [-0.2, -0.15) is 0 Å². The summed E-state index contributed by atoms with van der Waals surface area (Å²) >= 11 is 0. The van der Waals surface area contributed by atoms with Crippen molar-refractivity contribution in [2.45, 2.75) is 25.9 Å². The Morgan fingerprint density at radius 2 is 2.04 bits per heavy atom. The zero-order chi connectivity index (χ0) is 17.9. The van der Waals surface area contributed by atoms with Crippen molar-refractivity contribution in [3.63, 3.8) is 0 Å². The number of nitrogens with zero attached hydrogens (tertiary/aromatic N) is 5. The van der Waals surface area contributed by atoms with E-state index in [-0.39, 0.29) is 18.1 Å². The number of hydrogen-bond acceptors (Lipinski definition) is 5. The van der Waals surface area contributed by atoms with E-state index in [4.69, 9.17) is 0 Å². The number of pyridine rings is 2. The molecule has 3 aromatic heterocycles. The zero-order valence-corrected chi connectivity index (χ0v) is 14.3. The van der Waals surface area contributed by atoms with E-state index in [0.717, 1.165) is 24.5 Å². The fourth-order valence-corrected chi connectivity index (χ4v) is 3.15. The molecule has 1 saturated heterocycles. The van der Waals surface area contributed by atoms with Gasteiger partial charge in [0.15, 0.2) is 5.65 Å². The topological polar surface area (TPSA) is 84.5 Å². The lowest BCUT2D eigenvalue weighted by atomic mass is 10.2. The minimum Gasteiger partial charge on any atom is -0.357 e. The molecule has 8 heteroatoms. The lowest BCUT2D eigenvalue weighted by Gasteiger charge is -2.17. The van der Waals surface area contributed by atoms with Gasteiger partial charge in [-0.1, -0.05) is 6.07 Å². The van der Waals surface area contributed by atoms with Crippen molar-refractivity contribution in [1.82, 2.24) is 24.5 Å². The molecule has 1 fully saturated rings. The Kier molecular flexibility index (Phi) is 4.39. The van der Waals surface area contributed by atoms with Crippen LogP contribution in [-0.2, 0) is 17.9 Å². The highest BCUT2D eigenvalue weighted by Gasteiger charge is 2.14. The molecular weight excluding hydrogens is 332 g/mol. The number of hydrogen-bond donors (Lipinski definition) is 1. The number of carbonyl (C=O) groups excluding carboxylic acids is 1. The molecule has 1 amide bonds. The summed E-state index contributed by atoms with van der Waals surface area (Å²) in [6, 6.07) is 9.17. The van der Waals surface area contributed by atoms with E-state index in [1.165, 1.54) is 21.9 Å². The monoisotopic (exact) mass is 352 g/mol. The molecule has 26 heavy (non-hydrogen) atoms. The van der Waals surface area contributed by atoms with Crippen molar-refractivity contribution in [3.05, 3.63) is 58.8 Å². The van der Waals surface area contributed by atoms with Crippen LogP contribution in [0.5, 0.6) is 0 Å². The first-order chi connectivity index (χ1) is 12.7. The van der Waals surface area contributed by atoms with Crippen LogP contribution in [0.1, 0.15) is 18.4 Å². The molecular formula is C18H20N6O2. The first kappa shape index (κ1) is 16.3. The minimum atomic E-state index is -0.323. The van der Waals surface area contributed by atoms with E-state index in [1.807, 2.05) is 12.1 Å². The number of rotatable bonds is 5. The number of fused-ring (bicyclic) bond motifs is 1. The van der Waals surface area contributed by atoms with E-state index in [9.17, 15) is 9.59 Å². The zero-order valence-electron chi connectivity index (χ0n) is 14.3. The first-order valence-electron chi connectivity index (χ1n) is 8.71. The Bertz CT molecular complexity index is 987. The smallest absolute Gasteiger partial charge is 0.350 e. The highest BCUT2D eigenvalue weighted by Crippen LogP contribution is 2.18. The highest BCUT2D eigenvalue weighted by molar-refractivity contribution is 5.75. The summed E-state index contributed by atoms with van der Waals surface area (Å²) in [6.45, 7) is 2.34. The summed E-state index contributed by atoms with van der Waals surface area (Å²) in [7, 11) is 0. The van der Waals surface area contributed by atoms with Crippen molar-refractivity contribution in [2.75, 3.05) is 18.0 Å². The molecule has 8 nitrogen and oxygen atoms in total. The van der Waals surface area contributed by atoms with Crippen LogP contribution in [0.2, 0.25) is 0 Å². The normalized spacial score (nSPS) is 14.1. The van der Waals surface area contributed by atoms with Crippen molar-refractivity contribution in [2.24, 2.45) is 0 Å². The van der Waals surface area contributed by atoms with Crippen LogP contribution in [0.15, 0.2) is 47.5 Å². The molecule has 0 unspecified atom stereocenters. The molecule has 0 aliphatic carbocycles. The van der Waals surface area contributed by atoms with Gasteiger partial charge in [-0.05, 0) is 42.7 Å². The maximum Gasteiger partial charge on any atom is 0.350 e. The maximum absolute atomic E-state index is 12.2. The van der Waals surface area contributed by atoms with Crippen LogP contribution in [0.25, 0.3) is 5.65 Å². The summed E-state index contributed by atoms with van der Waals surface area (Å²) < 4.78 is 2.59. The average molecular weight is 352 g/mol. The number of amides is 1. The molecule has 4 heterocycles. The third-order valence-corrected chi connectivity index (χ3v) is 4.51. The van der Waals surface area contributed by atoms with Gasteiger partial charge < -0.3 is 10.2 Å². The molecule has 0 radical (unpaired) electrons. The first-order valence-corrected chi connectivity index (χ1v) is 8.71. The molecule has 134 valence electrons. The molecule has 0 saturated carbocycles. The average Bonchev–Trinajstić information content (AvgIpc) is 3.30. The Morgan fingerprint density at radius 3 is 2.85 bits per heavy atom. The Balaban J connectivity index is 1.40. The quantitative estimate of drug-likeness (QED) is 0.734. The lowest BCUT2D eigenvalue weighted by Crippen LogP contribution is -2.32. The largest absolute Gasteiger partial charge is 0.357 e. The Hall–Kier alpha value is -3.16. The second kappa shape index (κ2) is 6.99. The van der Waals surface area contributed by atoms with Crippen LogP contribution in [0, 0.1) is 0 Å². The third-order valence-electron chi connectivity index (χ3n) is 4.51. The summed E-state index contributed by atoms with van der Waals surface area (Å²) in [6.07, 6.45) is 5.78. The van der Waals surface area contributed by atoms with E-state index in [0.29, 0.717) is 12.2 Å². The second-order valence-electron chi connectivity index (χ2n) is 6.36. The van der Waals surface area contributed by atoms with Gasteiger partial charge in [-0.15, -0.1) is 5.10 Å². The minimum absolute atomic E-state index is 0.107. The molecule has 1 aliphatic rings. The number of nitrogens with one attached hydrogen (secondary N) is 1. The molecule has 0 atom stereocenters. The summed E-state index contributed by atoms with van der Waals surface area (Å²) in [4.78, 5) is 31.1. The van der Waals surface area contributed by atoms with E-state index in [1.54, 1.807) is 30.6 Å². The molecule has 0 bridgehead atoms. The molecule has 0 aromatic carbocycles. The fourth-order valence-electron chi connectivity index (χ4n) is 3.15. The lowest BCUT2D eigenvalue weighted by molar-refractivity contribution is -0.122. The van der Waals surface area contributed by atoms with Gasteiger partial charge in [0.2, 0.25) is 5.91 Å². The number of carbonyl (C=O) groups is 1. The van der Waals surface area contributed by atoms with Crippen molar-refractivity contribution in [1.29, 1.82) is 0 Å². The Morgan fingerprint density at radius 1 is 1.19 bits per heavy atom. The van der Waals surface area contributed by atoms with Crippen LogP contribution < -0.4 is 15.9 Å². The highest BCUT2D eigenvalue weighted by atomic mass is 16.2. The molecule has 0 spiro atoms. The van der Waals surface area contributed by atoms with Gasteiger partial charge in [0, 0.05) is 32.0 Å². The molecule has 1 N–H and O–H groups in total. The van der Waals surface area contributed by atoms with Crippen molar-refractivity contribution in [3.8, 4) is 0 Å². The summed E-state index contributed by atoms with van der Waals surface area (Å²) in [5.41, 5.74) is 1.18. The van der Waals surface area contributed by atoms with Crippen LogP contribution in [-0.4, -0.2) is 38.2 Å². The van der Waals surface area contributed by atoms with Gasteiger partial charge in [-0.3, -0.25) is 9.20 Å². The van der Waals surface area contributed by atoms with Crippen LogP contribution in [0.4, 0.5) is 5.82 Å². The van der Waals surface area contributed by atoms with Crippen molar-refractivity contribution >= 4 is 17.4 Å². The van der Waals surface area contributed by atoms with Gasteiger partial charge in [-0.25, -0.2) is 14.5 Å². The van der Waals surface area contributed by atoms with Crippen molar-refractivity contribution < 1.29 is 4.79 Å². The predicted molar refractivity (Wildman–Crippen MR) is 97.0 cm³/mol. The summed E-state index contributed by atoms with van der Waals surface area (Å²) in [5.74, 6) is 0.695. The van der Waals surface area contributed by atoms with Gasteiger partial charge in [0.1, 0.15) is 12.4 Å². The number of aromatic nitrogens is 4. The van der Waals surface area contributed by atoms with E-state index in [2.05, 4.69) is 20.3 Å². The molecule has 1 aliphatic heterocycles. The Labute approximate surface area is 150 Å². The predicted octanol–water partition coefficient (Wildman–Crippen LogP) is 0.808. The SMILES string of the molecule is O=C(Cn1nc2ccccn2c1=O)NCc1ccnc(N2CCCC2)c1. The van der Waals surface area contributed by atoms with Crippen LogP contribution >= 0.6 is 0 Å². The molecule has 4 rings (SSSR count). The van der Waals surface area contributed by atoms with E-state index >= 15 is 0 Å².